The van der Waals surface area contributed by atoms with Crippen LogP contribution in [0.15, 0.2) is 0 Å². The number of carbonyl (C=O) groups excluding carboxylic acids is 1. The van der Waals surface area contributed by atoms with Crippen LogP contribution >= 0.6 is 0 Å². The van der Waals surface area contributed by atoms with Gasteiger partial charge in [-0.15, -0.1) is 0 Å². The van der Waals surface area contributed by atoms with Crippen molar-refractivity contribution in [3.63, 3.8) is 0 Å². The van der Waals surface area contributed by atoms with Crippen molar-refractivity contribution in [2.75, 3.05) is 33.8 Å². The van der Waals surface area contributed by atoms with E-state index in [1.165, 1.54) is 0 Å². The molecule has 0 aromatic heterocycles. The maximum Gasteiger partial charge on any atom is 0.221 e. The van der Waals surface area contributed by atoms with E-state index in [9.17, 15) is 4.79 Å². The molecule has 84 valence electrons. The minimum atomic E-state index is 0.114. The third-order valence-corrected chi connectivity index (χ3v) is 1.94. The van der Waals surface area contributed by atoms with Gasteiger partial charge in [-0.25, -0.2) is 0 Å². The number of nitrogens with zero attached hydrogens (tertiary/aromatic N) is 1. The fraction of sp³-hybridized carbons (Fsp3) is 0.900. The molecule has 0 saturated heterocycles. The zero-order valence-electron chi connectivity index (χ0n) is 9.25. The van der Waals surface area contributed by atoms with Crippen LogP contribution in [0.25, 0.3) is 0 Å². The summed E-state index contributed by atoms with van der Waals surface area (Å²) in [5, 5.41) is 11.4. The molecule has 1 amide bonds. The van der Waals surface area contributed by atoms with Crippen LogP contribution in [-0.2, 0) is 4.79 Å². The van der Waals surface area contributed by atoms with E-state index in [1.54, 1.807) is 0 Å². The molecule has 0 bridgehead atoms. The second kappa shape index (κ2) is 8.97. The van der Waals surface area contributed by atoms with Gasteiger partial charge in [0.05, 0.1) is 0 Å². The Kier molecular flexibility index (Phi) is 8.57. The molecular weight excluding hydrogens is 180 g/mol. The van der Waals surface area contributed by atoms with Crippen LogP contribution in [0.3, 0.4) is 0 Å². The van der Waals surface area contributed by atoms with Gasteiger partial charge in [-0.2, -0.15) is 0 Å². The van der Waals surface area contributed by atoms with Gasteiger partial charge >= 0.3 is 0 Å². The highest BCUT2D eigenvalue weighted by molar-refractivity contribution is 5.75. The number of amides is 1. The van der Waals surface area contributed by atoms with Gasteiger partial charge < -0.3 is 15.3 Å². The Bertz CT molecular complexity index is 149. The summed E-state index contributed by atoms with van der Waals surface area (Å²) >= 11 is 0. The van der Waals surface area contributed by atoms with Crippen molar-refractivity contribution in [1.29, 1.82) is 0 Å². The van der Waals surface area contributed by atoms with E-state index >= 15 is 0 Å². The highest BCUT2D eigenvalue weighted by atomic mass is 16.2. The van der Waals surface area contributed by atoms with Crippen LogP contribution in [0.5, 0.6) is 0 Å². The maximum atomic E-state index is 11.2. The predicted molar refractivity (Wildman–Crippen MR) is 57.1 cm³/mol. The molecule has 2 N–H and O–H groups in total. The molecule has 0 atom stereocenters. The van der Waals surface area contributed by atoms with E-state index in [-0.39, 0.29) is 12.5 Å². The number of unbranched alkanes of at least 4 members (excludes halogenated alkanes) is 2. The fourth-order valence-corrected chi connectivity index (χ4v) is 1.05. The molecule has 0 aliphatic rings. The van der Waals surface area contributed by atoms with Crippen LogP contribution in [0, 0.1) is 0 Å². The number of rotatable bonds is 8. The van der Waals surface area contributed by atoms with Crippen molar-refractivity contribution < 1.29 is 9.90 Å². The molecular formula is C10H22N2O2. The van der Waals surface area contributed by atoms with Crippen molar-refractivity contribution in [3.8, 4) is 0 Å². The van der Waals surface area contributed by atoms with E-state index in [4.69, 9.17) is 5.11 Å². The first-order valence-corrected chi connectivity index (χ1v) is 5.19. The third-order valence-electron chi connectivity index (χ3n) is 1.94. The van der Waals surface area contributed by atoms with Gasteiger partial charge in [-0.1, -0.05) is 0 Å². The second-order valence-electron chi connectivity index (χ2n) is 3.69. The SMILES string of the molecule is CN(C)CCC(=O)NCCCCCO. The molecule has 0 fully saturated rings. The third kappa shape index (κ3) is 9.48. The zero-order chi connectivity index (χ0) is 10.8. The first kappa shape index (κ1) is 13.4. The lowest BCUT2D eigenvalue weighted by atomic mass is 10.2. The molecule has 0 aromatic carbocycles. The maximum absolute atomic E-state index is 11.2. The van der Waals surface area contributed by atoms with Crippen molar-refractivity contribution in [1.82, 2.24) is 10.2 Å². The monoisotopic (exact) mass is 202 g/mol. The summed E-state index contributed by atoms with van der Waals surface area (Å²) in [7, 11) is 3.91. The molecule has 0 aliphatic heterocycles. The van der Waals surface area contributed by atoms with Gasteiger partial charge in [0.15, 0.2) is 0 Å². The Hall–Kier alpha value is -0.610. The molecule has 0 radical (unpaired) electrons. The van der Waals surface area contributed by atoms with Gasteiger partial charge in [0, 0.05) is 26.1 Å². The lowest BCUT2D eigenvalue weighted by Crippen LogP contribution is -2.28. The van der Waals surface area contributed by atoms with E-state index in [0.29, 0.717) is 6.42 Å². The minimum Gasteiger partial charge on any atom is -0.396 e. The number of aliphatic hydroxyl groups is 1. The molecule has 0 aromatic rings. The highest BCUT2D eigenvalue weighted by Gasteiger charge is 2.00. The summed E-state index contributed by atoms with van der Waals surface area (Å²) in [6.07, 6.45) is 3.32. The Morgan fingerprint density at radius 1 is 1.29 bits per heavy atom. The predicted octanol–water partition coefficient (Wildman–Crippen LogP) is 0.217. The molecule has 4 heteroatoms. The second-order valence-corrected chi connectivity index (χ2v) is 3.69. The van der Waals surface area contributed by atoms with Gasteiger partial charge in [-0.05, 0) is 33.4 Å². The van der Waals surface area contributed by atoms with Crippen LogP contribution in [0.2, 0.25) is 0 Å². The fourth-order valence-electron chi connectivity index (χ4n) is 1.05. The Labute approximate surface area is 86.3 Å². The van der Waals surface area contributed by atoms with Crippen molar-refractivity contribution in [3.05, 3.63) is 0 Å². The standard InChI is InChI=1S/C10H22N2O2/c1-12(2)8-6-10(14)11-7-4-3-5-9-13/h13H,3-9H2,1-2H3,(H,11,14). The molecule has 0 heterocycles. The van der Waals surface area contributed by atoms with Crippen LogP contribution in [0.4, 0.5) is 0 Å². The van der Waals surface area contributed by atoms with Crippen LogP contribution in [-0.4, -0.2) is 49.7 Å². The summed E-state index contributed by atoms with van der Waals surface area (Å²) in [5.74, 6) is 0.114. The van der Waals surface area contributed by atoms with Crippen molar-refractivity contribution in [2.45, 2.75) is 25.7 Å². The molecule has 0 aliphatic carbocycles. The van der Waals surface area contributed by atoms with E-state index in [2.05, 4.69) is 5.32 Å². The summed E-state index contributed by atoms with van der Waals surface area (Å²) in [6, 6.07) is 0. The smallest absolute Gasteiger partial charge is 0.221 e. The average Bonchev–Trinajstić information content (AvgIpc) is 2.14. The molecule has 0 unspecified atom stereocenters. The zero-order valence-corrected chi connectivity index (χ0v) is 9.25. The quantitative estimate of drug-likeness (QED) is 0.553. The number of hydrogen-bond acceptors (Lipinski definition) is 3. The molecule has 0 saturated carbocycles. The van der Waals surface area contributed by atoms with Gasteiger partial charge in [0.1, 0.15) is 0 Å². The minimum absolute atomic E-state index is 0.114. The number of nitrogens with one attached hydrogen (secondary N) is 1. The summed E-state index contributed by atoms with van der Waals surface area (Å²) in [5.41, 5.74) is 0. The molecule has 0 rings (SSSR count). The van der Waals surface area contributed by atoms with Gasteiger partial charge in [-0.3, -0.25) is 4.79 Å². The largest absolute Gasteiger partial charge is 0.396 e. The van der Waals surface area contributed by atoms with Gasteiger partial charge in [0.25, 0.3) is 0 Å². The average molecular weight is 202 g/mol. The Morgan fingerprint density at radius 3 is 2.57 bits per heavy atom. The normalized spacial score (nSPS) is 10.6. The molecule has 0 spiro atoms. The van der Waals surface area contributed by atoms with Crippen molar-refractivity contribution in [2.24, 2.45) is 0 Å². The molecule has 4 nitrogen and oxygen atoms in total. The van der Waals surface area contributed by atoms with E-state index in [0.717, 1.165) is 32.4 Å². The Balaban J connectivity index is 3.18. The van der Waals surface area contributed by atoms with Gasteiger partial charge in [0.2, 0.25) is 5.91 Å². The van der Waals surface area contributed by atoms with E-state index < -0.39 is 0 Å². The topological polar surface area (TPSA) is 52.6 Å². The lowest BCUT2D eigenvalue weighted by molar-refractivity contribution is -0.121. The summed E-state index contributed by atoms with van der Waals surface area (Å²) in [4.78, 5) is 13.2. The van der Waals surface area contributed by atoms with Crippen LogP contribution in [0.1, 0.15) is 25.7 Å². The van der Waals surface area contributed by atoms with Crippen molar-refractivity contribution >= 4 is 5.91 Å². The first-order chi connectivity index (χ1) is 6.66. The highest BCUT2D eigenvalue weighted by Crippen LogP contribution is 1.92. The van der Waals surface area contributed by atoms with Crippen LogP contribution < -0.4 is 5.32 Å². The number of aliphatic hydroxyl groups excluding tert-OH is 1. The molecule has 14 heavy (non-hydrogen) atoms. The Morgan fingerprint density at radius 2 is 2.00 bits per heavy atom. The summed E-state index contributed by atoms with van der Waals surface area (Å²) < 4.78 is 0. The summed E-state index contributed by atoms with van der Waals surface area (Å²) in [6.45, 7) is 1.77. The lowest BCUT2D eigenvalue weighted by Gasteiger charge is -2.09. The first-order valence-electron chi connectivity index (χ1n) is 5.19. The number of hydrogen-bond donors (Lipinski definition) is 2. The number of carbonyl (C=O) groups is 1. The van der Waals surface area contributed by atoms with E-state index in [1.807, 2.05) is 19.0 Å².